The highest BCUT2D eigenvalue weighted by Crippen LogP contribution is 2.11. The van der Waals surface area contributed by atoms with E-state index >= 15 is 0 Å². The van der Waals surface area contributed by atoms with Crippen molar-refractivity contribution in [3.8, 4) is 0 Å². The molecule has 0 bridgehead atoms. The van der Waals surface area contributed by atoms with Crippen LogP contribution in [0.1, 0.15) is 27.7 Å². The molecule has 1 heterocycles. The number of nitrogens with zero attached hydrogens (tertiary/aromatic N) is 1. The standard InChI is InChI=1S/C14H15ClN2O2/c1-9-13(19-10(2)17-9)6-7-16-14(18)11-4-3-5-12(15)8-11/h3-5,8H,6-7H2,1-2H3,(H,16,18). The fourth-order valence-electron chi connectivity index (χ4n) is 1.83. The number of rotatable bonds is 4. The zero-order valence-corrected chi connectivity index (χ0v) is 11.6. The minimum atomic E-state index is -0.142. The maximum absolute atomic E-state index is 11.9. The van der Waals surface area contributed by atoms with Crippen molar-refractivity contribution in [3.05, 3.63) is 52.2 Å². The van der Waals surface area contributed by atoms with Crippen molar-refractivity contribution in [1.29, 1.82) is 0 Å². The van der Waals surface area contributed by atoms with E-state index in [2.05, 4.69) is 10.3 Å². The van der Waals surface area contributed by atoms with E-state index in [-0.39, 0.29) is 5.91 Å². The molecule has 0 atom stereocenters. The summed E-state index contributed by atoms with van der Waals surface area (Å²) in [5, 5.41) is 3.38. The Kier molecular flexibility index (Phi) is 4.22. The predicted molar refractivity (Wildman–Crippen MR) is 73.5 cm³/mol. The molecule has 4 nitrogen and oxygen atoms in total. The summed E-state index contributed by atoms with van der Waals surface area (Å²) in [5.74, 6) is 1.31. The molecule has 0 radical (unpaired) electrons. The molecule has 0 spiro atoms. The third kappa shape index (κ3) is 3.58. The van der Waals surface area contributed by atoms with Crippen molar-refractivity contribution in [2.75, 3.05) is 6.54 Å². The van der Waals surface area contributed by atoms with Gasteiger partial charge in [-0.3, -0.25) is 4.79 Å². The number of benzene rings is 1. The number of hydrogen-bond donors (Lipinski definition) is 1. The second kappa shape index (κ2) is 5.89. The number of halogens is 1. The SMILES string of the molecule is Cc1nc(C)c(CCNC(=O)c2cccc(Cl)c2)o1. The minimum absolute atomic E-state index is 0.142. The summed E-state index contributed by atoms with van der Waals surface area (Å²) in [6.07, 6.45) is 0.624. The van der Waals surface area contributed by atoms with Crippen molar-refractivity contribution in [2.45, 2.75) is 20.3 Å². The number of oxazole rings is 1. The molecule has 1 amide bonds. The van der Waals surface area contributed by atoms with Crippen LogP contribution in [0.2, 0.25) is 5.02 Å². The van der Waals surface area contributed by atoms with E-state index in [1.54, 1.807) is 31.2 Å². The van der Waals surface area contributed by atoms with Gasteiger partial charge in [0.25, 0.3) is 5.91 Å². The van der Waals surface area contributed by atoms with Gasteiger partial charge in [-0.15, -0.1) is 0 Å². The summed E-state index contributed by atoms with van der Waals surface area (Å²) >= 11 is 5.84. The van der Waals surface area contributed by atoms with E-state index in [0.29, 0.717) is 29.4 Å². The van der Waals surface area contributed by atoms with E-state index in [4.69, 9.17) is 16.0 Å². The molecule has 1 aromatic carbocycles. The van der Waals surface area contributed by atoms with Gasteiger partial charge in [0, 0.05) is 30.5 Å². The lowest BCUT2D eigenvalue weighted by molar-refractivity contribution is 0.0953. The molecule has 0 saturated heterocycles. The molecule has 2 rings (SSSR count). The molecule has 19 heavy (non-hydrogen) atoms. The van der Waals surface area contributed by atoms with E-state index in [9.17, 15) is 4.79 Å². The van der Waals surface area contributed by atoms with Gasteiger partial charge in [0.05, 0.1) is 5.69 Å². The zero-order valence-electron chi connectivity index (χ0n) is 10.9. The molecule has 0 fully saturated rings. The average molecular weight is 279 g/mol. The fraction of sp³-hybridized carbons (Fsp3) is 0.286. The maximum atomic E-state index is 11.9. The molecule has 0 aliphatic carbocycles. The molecule has 0 aliphatic rings. The molecule has 5 heteroatoms. The Morgan fingerprint density at radius 2 is 2.21 bits per heavy atom. The van der Waals surface area contributed by atoms with Crippen molar-refractivity contribution in [1.82, 2.24) is 10.3 Å². The van der Waals surface area contributed by atoms with Crippen LogP contribution in [-0.2, 0) is 6.42 Å². The van der Waals surface area contributed by atoms with Crippen molar-refractivity contribution >= 4 is 17.5 Å². The Morgan fingerprint density at radius 1 is 1.42 bits per heavy atom. The molecule has 0 saturated carbocycles. The van der Waals surface area contributed by atoms with Gasteiger partial charge < -0.3 is 9.73 Å². The molecular weight excluding hydrogens is 264 g/mol. The number of hydrogen-bond acceptors (Lipinski definition) is 3. The topological polar surface area (TPSA) is 55.1 Å². The van der Waals surface area contributed by atoms with E-state index < -0.39 is 0 Å². The van der Waals surface area contributed by atoms with E-state index in [0.717, 1.165) is 11.5 Å². The number of carbonyl (C=O) groups excluding carboxylic acids is 1. The lowest BCUT2D eigenvalue weighted by Crippen LogP contribution is -2.25. The second-order valence-corrected chi connectivity index (χ2v) is 4.69. The first-order valence-electron chi connectivity index (χ1n) is 6.03. The molecule has 2 aromatic rings. The largest absolute Gasteiger partial charge is 0.446 e. The van der Waals surface area contributed by atoms with E-state index in [1.165, 1.54) is 0 Å². The molecule has 1 N–H and O–H groups in total. The Morgan fingerprint density at radius 3 is 2.84 bits per heavy atom. The summed E-state index contributed by atoms with van der Waals surface area (Å²) < 4.78 is 5.44. The summed E-state index contributed by atoms with van der Waals surface area (Å²) in [5.41, 5.74) is 1.42. The first-order chi connectivity index (χ1) is 9.06. The summed E-state index contributed by atoms with van der Waals surface area (Å²) in [6.45, 7) is 4.20. The van der Waals surface area contributed by atoms with Crippen molar-refractivity contribution in [3.63, 3.8) is 0 Å². The fourth-order valence-corrected chi connectivity index (χ4v) is 2.02. The highest BCUT2D eigenvalue weighted by atomic mass is 35.5. The van der Waals surface area contributed by atoms with Crippen LogP contribution in [0.4, 0.5) is 0 Å². The van der Waals surface area contributed by atoms with Gasteiger partial charge in [-0.25, -0.2) is 4.98 Å². The molecule has 100 valence electrons. The Bertz CT molecular complexity index is 593. The summed E-state index contributed by atoms with van der Waals surface area (Å²) in [4.78, 5) is 16.0. The predicted octanol–water partition coefficient (Wildman–Crippen LogP) is 2.92. The van der Waals surface area contributed by atoms with Crippen LogP contribution >= 0.6 is 11.6 Å². The highest BCUT2D eigenvalue weighted by Gasteiger charge is 2.08. The van der Waals surface area contributed by atoms with Gasteiger partial charge in [0.1, 0.15) is 5.76 Å². The molecule has 0 aliphatic heterocycles. The number of amides is 1. The third-order valence-electron chi connectivity index (χ3n) is 2.72. The smallest absolute Gasteiger partial charge is 0.251 e. The number of nitrogens with one attached hydrogen (secondary N) is 1. The minimum Gasteiger partial charge on any atom is -0.446 e. The van der Waals surface area contributed by atoms with E-state index in [1.807, 2.05) is 6.92 Å². The Labute approximate surface area is 116 Å². The van der Waals surface area contributed by atoms with Crippen LogP contribution in [0.5, 0.6) is 0 Å². The number of carbonyl (C=O) groups is 1. The second-order valence-electron chi connectivity index (χ2n) is 4.26. The van der Waals surface area contributed by atoms with Gasteiger partial charge in [-0.05, 0) is 25.1 Å². The van der Waals surface area contributed by atoms with Crippen LogP contribution in [0, 0.1) is 13.8 Å². The first-order valence-corrected chi connectivity index (χ1v) is 6.41. The van der Waals surface area contributed by atoms with Crippen LogP contribution in [0.25, 0.3) is 0 Å². The summed E-state index contributed by atoms with van der Waals surface area (Å²) in [6, 6.07) is 6.85. The van der Waals surface area contributed by atoms with Crippen LogP contribution in [-0.4, -0.2) is 17.4 Å². The van der Waals surface area contributed by atoms with Crippen LogP contribution in [0.15, 0.2) is 28.7 Å². The molecule has 0 unspecified atom stereocenters. The number of aryl methyl sites for hydroxylation is 2. The quantitative estimate of drug-likeness (QED) is 0.935. The van der Waals surface area contributed by atoms with Crippen molar-refractivity contribution in [2.24, 2.45) is 0 Å². The van der Waals surface area contributed by atoms with Gasteiger partial charge in [-0.1, -0.05) is 17.7 Å². The monoisotopic (exact) mass is 278 g/mol. The van der Waals surface area contributed by atoms with Gasteiger partial charge in [0.2, 0.25) is 0 Å². The van der Waals surface area contributed by atoms with Crippen LogP contribution < -0.4 is 5.32 Å². The lowest BCUT2D eigenvalue weighted by atomic mass is 10.2. The third-order valence-corrected chi connectivity index (χ3v) is 2.96. The Hall–Kier alpha value is -1.81. The van der Waals surface area contributed by atoms with Gasteiger partial charge >= 0.3 is 0 Å². The maximum Gasteiger partial charge on any atom is 0.251 e. The highest BCUT2D eigenvalue weighted by molar-refractivity contribution is 6.30. The van der Waals surface area contributed by atoms with Gasteiger partial charge in [-0.2, -0.15) is 0 Å². The first kappa shape index (κ1) is 13.6. The van der Waals surface area contributed by atoms with Crippen LogP contribution in [0.3, 0.4) is 0 Å². The molecule has 1 aromatic heterocycles. The lowest BCUT2D eigenvalue weighted by Gasteiger charge is -2.04. The zero-order chi connectivity index (χ0) is 13.8. The average Bonchev–Trinajstić information content (AvgIpc) is 2.68. The Balaban J connectivity index is 1.89. The summed E-state index contributed by atoms with van der Waals surface area (Å²) in [7, 11) is 0. The molecular formula is C14H15ClN2O2. The van der Waals surface area contributed by atoms with Gasteiger partial charge in [0.15, 0.2) is 5.89 Å². The number of aromatic nitrogens is 1. The normalized spacial score (nSPS) is 10.5. The van der Waals surface area contributed by atoms with Crippen molar-refractivity contribution < 1.29 is 9.21 Å².